The first-order chi connectivity index (χ1) is 6.45. The molecule has 0 radical (unpaired) electrons. The summed E-state index contributed by atoms with van der Waals surface area (Å²) >= 11 is 0. The van der Waals surface area contributed by atoms with Gasteiger partial charge in [-0.3, -0.25) is 5.41 Å². The first-order valence-electron chi connectivity index (χ1n) is 4.76. The van der Waals surface area contributed by atoms with Crippen LogP contribution in [0.25, 0.3) is 0 Å². The lowest BCUT2D eigenvalue weighted by atomic mass is 9.94. The lowest BCUT2D eigenvalue weighted by Crippen LogP contribution is -2.41. The molecule has 1 saturated carbocycles. The Labute approximate surface area is 82.1 Å². The van der Waals surface area contributed by atoms with E-state index in [1.54, 1.807) is 0 Å². The van der Waals surface area contributed by atoms with E-state index in [9.17, 15) is 8.78 Å². The fourth-order valence-corrected chi connectivity index (χ4v) is 1.63. The molecule has 14 heavy (non-hydrogen) atoms. The van der Waals surface area contributed by atoms with Crippen LogP contribution in [0, 0.1) is 5.41 Å². The standard InChI is InChI=1S/C9H16F2N3/c1-14(13)7-5-3-2-4-6-9(10,11)8(7)12/h12H,2-6,13H2,1H3/q+1. The molecule has 0 aromatic carbocycles. The van der Waals surface area contributed by atoms with Gasteiger partial charge in [0.25, 0.3) is 5.92 Å². The molecule has 3 nitrogen and oxygen atoms in total. The third-order valence-electron chi connectivity index (χ3n) is 2.48. The number of halogens is 2. The minimum atomic E-state index is -3.01. The van der Waals surface area contributed by atoms with E-state index in [0.717, 1.165) is 17.5 Å². The van der Waals surface area contributed by atoms with E-state index >= 15 is 0 Å². The minimum absolute atomic E-state index is 0.233. The molecule has 0 aliphatic heterocycles. The van der Waals surface area contributed by atoms with Crippen molar-refractivity contribution in [2.45, 2.75) is 38.0 Å². The van der Waals surface area contributed by atoms with Crippen LogP contribution in [0.4, 0.5) is 8.78 Å². The number of hydrazone groups is 1. The Bertz CT molecular complexity index is 267. The Morgan fingerprint density at radius 3 is 2.57 bits per heavy atom. The van der Waals surface area contributed by atoms with Crippen molar-refractivity contribution in [1.29, 1.82) is 5.41 Å². The largest absolute Gasteiger partial charge is 0.295 e. The summed E-state index contributed by atoms with van der Waals surface area (Å²) in [7, 11) is 1.50. The highest BCUT2D eigenvalue weighted by molar-refractivity contribution is 6.41. The smallest absolute Gasteiger partial charge is 0.294 e. The molecule has 0 aromatic rings. The van der Waals surface area contributed by atoms with Crippen molar-refractivity contribution >= 4 is 11.4 Å². The van der Waals surface area contributed by atoms with Crippen LogP contribution < -0.4 is 5.84 Å². The van der Waals surface area contributed by atoms with Gasteiger partial charge in [-0.05, 0) is 12.8 Å². The zero-order chi connectivity index (χ0) is 10.8. The molecule has 0 heterocycles. The number of nitrogens with zero attached hydrogens (tertiary/aromatic N) is 1. The fraction of sp³-hybridized carbons (Fsp3) is 0.778. The second-order valence-corrected chi connectivity index (χ2v) is 3.70. The van der Waals surface area contributed by atoms with Gasteiger partial charge in [0.2, 0.25) is 5.71 Å². The van der Waals surface area contributed by atoms with Crippen LogP contribution in [-0.2, 0) is 0 Å². The molecule has 0 spiro atoms. The number of hydrazine groups is 1. The Kier molecular flexibility index (Phi) is 3.18. The average molecular weight is 204 g/mol. The van der Waals surface area contributed by atoms with Crippen molar-refractivity contribution in [3.63, 3.8) is 0 Å². The molecule has 3 N–H and O–H groups in total. The molecule has 1 fully saturated rings. The SMILES string of the molecule is C[N+](N)=C1CCCCCC(F)(F)C1=N. The van der Waals surface area contributed by atoms with Crippen LogP contribution >= 0.6 is 0 Å². The van der Waals surface area contributed by atoms with Crippen LogP contribution in [0.3, 0.4) is 0 Å². The maximum absolute atomic E-state index is 13.3. The second-order valence-electron chi connectivity index (χ2n) is 3.70. The van der Waals surface area contributed by atoms with Crippen molar-refractivity contribution in [2.24, 2.45) is 5.84 Å². The van der Waals surface area contributed by atoms with E-state index in [1.165, 1.54) is 7.05 Å². The average Bonchev–Trinajstić information content (AvgIpc) is 2.07. The summed E-state index contributed by atoms with van der Waals surface area (Å²) in [5, 5.41) is 7.41. The quantitative estimate of drug-likeness (QED) is 0.351. The molecule has 0 saturated heterocycles. The molecule has 0 amide bonds. The third-order valence-corrected chi connectivity index (χ3v) is 2.48. The van der Waals surface area contributed by atoms with Gasteiger partial charge in [-0.2, -0.15) is 8.78 Å². The van der Waals surface area contributed by atoms with Crippen LogP contribution in [0.15, 0.2) is 0 Å². The van der Waals surface area contributed by atoms with Crippen LogP contribution in [0.5, 0.6) is 0 Å². The Morgan fingerprint density at radius 2 is 2.00 bits per heavy atom. The monoisotopic (exact) mass is 204 g/mol. The predicted molar refractivity (Wildman–Crippen MR) is 51.1 cm³/mol. The molecule has 0 bridgehead atoms. The zero-order valence-electron chi connectivity index (χ0n) is 8.32. The molecule has 5 heteroatoms. The number of nitrogens with two attached hydrogens (primary N) is 1. The molecule has 1 aliphatic carbocycles. The molecule has 0 aromatic heterocycles. The van der Waals surface area contributed by atoms with Gasteiger partial charge in [-0.1, -0.05) is 6.42 Å². The molecule has 0 unspecified atom stereocenters. The van der Waals surface area contributed by atoms with E-state index in [0.29, 0.717) is 12.8 Å². The molecule has 80 valence electrons. The van der Waals surface area contributed by atoms with Crippen molar-refractivity contribution in [3.8, 4) is 0 Å². The summed E-state index contributed by atoms with van der Waals surface area (Å²) in [4.78, 5) is 0. The van der Waals surface area contributed by atoms with Gasteiger partial charge in [-0.15, -0.1) is 4.68 Å². The van der Waals surface area contributed by atoms with E-state index in [4.69, 9.17) is 11.3 Å². The highest BCUT2D eigenvalue weighted by atomic mass is 19.3. The first-order valence-corrected chi connectivity index (χ1v) is 4.76. The number of hydrogen-bond donors (Lipinski definition) is 2. The maximum Gasteiger partial charge on any atom is 0.295 e. The zero-order valence-corrected chi connectivity index (χ0v) is 8.32. The van der Waals surface area contributed by atoms with E-state index in [-0.39, 0.29) is 12.1 Å². The highest BCUT2D eigenvalue weighted by Crippen LogP contribution is 2.27. The van der Waals surface area contributed by atoms with Gasteiger partial charge < -0.3 is 0 Å². The highest BCUT2D eigenvalue weighted by Gasteiger charge is 2.41. The van der Waals surface area contributed by atoms with Crippen molar-refractivity contribution in [1.82, 2.24) is 0 Å². The summed E-state index contributed by atoms with van der Waals surface area (Å²) in [5.41, 5.74) is -0.350. The Balaban J connectivity index is 2.96. The molecular weight excluding hydrogens is 188 g/mol. The summed E-state index contributed by atoms with van der Waals surface area (Å²) in [6, 6.07) is 0. The minimum Gasteiger partial charge on any atom is -0.294 e. The van der Waals surface area contributed by atoms with E-state index in [2.05, 4.69) is 0 Å². The summed E-state index contributed by atoms with van der Waals surface area (Å²) in [6.07, 6.45) is 2.33. The van der Waals surface area contributed by atoms with Crippen molar-refractivity contribution in [3.05, 3.63) is 0 Å². The maximum atomic E-state index is 13.3. The normalized spacial score (nSPS) is 26.6. The first kappa shape index (κ1) is 11.1. The van der Waals surface area contributed by atoms with E-state index < -0.39 is 11.6 Å². The Hall–Kier alpha value is -1.00. The summed E-state index contributed by atoms with van der Waals surface area (Å²) in [5.74, 6) is 2.41. The van der Waals surface area contributed by atoms with Gasteiger partial charge in [0.1, 0.15) is 0 Å². The van der Waals surface area contributed by atoms with Crippen LogP contribution in [0.1, 0.15) is 32.1 Å². The predicted octanol–water partition coefficient (Wildman–Crippen LogP) is 1.56. The summed E-state index contributed by atoms with van der Waals surface area (Å²) in [6.45, 7) is 0. The fourth-order valence-electron chi connectivity index (χ4n) is 1.63. The molecule has 0 atom stereocenters. The van der Waals surface area contributed by atoms with E-state index in [1.807, 2.05) is 0 Å². The molecule has 1 rings (SSSR count). The Morgan fingerprint density at radius 1 is 1.36 bits per heavy atom. The van der Waals surface area contributed by atoms with Gasteiger partial charge in [0.15, 0.2) is 12.8 Å². The van der Waals surface area contributed by atoms with Crippen molar-refractivity contribution < 1.29 is 13.5 Å². The second kappa shape index (κ2) is 4.02. The number of nitrogens with one attached hydrogen (secondary N) is 1. The number of rotatable bonds is 0. The third kappa shape index (κ3) is 2.27. The van der Waals surface area contributed by atoms with Gasteiger partial charge >= 0.3 is 0 Å². The lowest BCUT2D eigenvalue weighted by Gasteiger charge is -2.19. The summed E-state index contributed by atoms with van der Waals surface area (Å²) < 4.78 is 27.8. The van der Waals surface area contributed by atoms with Crippen LogP contribution in [0.2, 0.25) is 0 Å². The van der Waals surface area contributed by atoms with Crippen LogP contribution in [-0.4, -0.2) is 29.1 Å². The topological polar surface area (TPSA) is 52.9 Å². The molecular formula is C9H16F2N3+. The number of hydrogen-bond acceptors (Lipinski definition) is 2. The van der Waals surface area contributed by atoms with Crippen molar-refractivity contribution in [2.75, 3.05) is 7.05 Å². The molecule has 1 aliphatic rings. The van der Waals surface area contributed by atoms with Gasteiger partial charge in [-0.25, -0.2) is 5.84 Å². The lowest BCUT2D eigenvalue weighted by molar-refractivity contribution is -0.508. The van der Waals surface area contributed by atoms with Gasteiger partial charge in [0, 0.05) is 12.8 Å². The number of alkyl halides is 2. The van der Waals surface area contributed by atoms with Gasteiger partial charge in [0.05, 0.1) is 0 Å².